The lowest BCUT2D eigenvalue weighted by Gasteiger charge is -2.15. The highest BCUT2D eigenvalue weighted by Crippen LogP contribution is 2.29. The molecule has 1 heterocycles. The molecule has 3 nitrogen and oxygen atoms in total. The number of rotatable bonds is 3. The first-order chi connectivity index (χ1) is 11.9. The molecule has 0 spiro atoms. The topological polar surface area (TPSA) is 36.4 Å². The molecule has 1 atom stereocenters. The molecule has 0 aliphatic carbocycles. The number of hydrogen-bond donors (Lipinski definition) is 2. The number of alkyl halides is 3. The summed E-state index contributed by atoms with van der Waals surface area (Å²) in [4.78, 5) is 5.29. The molecule has 25 heavy (non-hydrogen) atoms. The van der Waals surface area contributed by atoms with Crippen LogP contribution >= 0.6 is 11.3 Å². The summed E-state index contributed by atoms with van der Waals surface area (Å²) >= 11 is 1.65. The summed E-state index contributed by atoms with van der Waals surface area (Å²) in [6, 6.07) is 9.08. The van der Waals surface area contributed by atoms with E-state index in [1.165, 1.54) is 10.9 Å². The van der Waals surface area contributed by atoms with Crippen molar-refractivity contribution in [1.82, 2.24) is 10.6 Å². The summed E-state index contributed by atoms with van der Waals surface area (Å²) in [5.74, 6) is 6.11. The third-order valence-corrected chi connectivity index (χ3v) is 4.37. The monoisotopic (exact) mass is 365 g/mol. The van der Waals surface area contributed by atoms with Crippen LogP contribution in [0.1, 0.15) is 29.0 Å². The lowest BCUT2D eigenvalue weighted by atomic mass is 10.1. The van der Waals surface area contributed by atoms with Gasteiger partial charge in [0.05, 0.1) is 18.2 Å². The molecular formula is C18H18F3N3S. The normalized spacial score (nSPS) is 12.9. The average molecular weight is 365 g/mol. The van der Waals surface area contributed by atoms with Gasteiger partial charge >= 0.3 is 6.18 Å². The zero-order chi connectivity index (χ0) is 18.3. The highest BCUT2D eigenvalue weighted by atomic mass is 32.1. The van der Waals surface area contributed by atoms with Crippen LogP contribution in [0.4, 0.5) is 13.2 Å². The molecule has 1 unspecified atom stereocenters. The number of halogens is 3. The Morgan fingerprint density at radius 3 is 2.72 bits per heavy atom. The zero-order valence-electron chi connectivity index (χ0n) is 13.8. The van der Waals surface area contributed by atoms with Crippen molar-refractivity contribution < 1.29 is 13.2 Å². The van der Waals surface area contributed by atoms with Gasteiger partial charge in [0.1, 0.15) is 0 Å². The van der Waals surface area contributed by atoms with Crippen molar-refractivity contribution in [3.8, 4) is 11.8 Å². The molecule has 0 radical (unpaired) electrons. The molecule has 1 aromatic carbocycles. The van der Waals surface area contributed by atoms with Gasteiger partial charge in [-0.1, -0.05) is 24.0 Å². The fraction of sp³-hybridized carbons (Fsp3) is 0.278. The Morgan fingerprint density at radius 1 is 1.28 bits per heavy atom. The van der Waals surface area contributed by atoms with Crippen molar-refractivity contribution >= 4 is 17.3 Å². The summed E-state index contributed by atoms with van der Waals surface area (Å²) in [6.45, 7) is 2.29. The highest BCUT2D eigenvalue weighted by molar-refractivity contribution is 7.10. The first-order valence-corrected chi connectivity index (χ1v) is 8.45. The third-order valence-electron chi connectivity index (χ3n) is 3.31. The summed E-state index contributed by atoms with van der Waals surface area (Å²) in [6.07, 6.45) is -4.36. The van der Waals surface area contributed by atoms with Crippen molar-refractivity contribution in [3.63, 3.8) is 0 Å². The Hall–Kier alpha value is -2.46. The maximum atomic E-state index is 12.7. The standard InChI is InChI=1S/C18H18F3N3S/c1-13(16-9-5-11-25-16)24-17(22-2)23-10-4-7-14-6-3-8-15(12-14)18(19,20)21/h3,5-6,8-9,11-13H,10H2,1-2H3,(H2,22,23,24). The maximum Gasteiger partial charge on any atom is 0.416 e. The van der Waals surface area contributed by atoms with Crippen molar-refractivity contribution in [2.24, 2.45) is 4.99 Å². The van der Waals surface area contributed by atoms with Crippen LogP contribution < -0.4 is 10.6 Å². The number of nitrogens with one attached hydrogen (secondary N) is 2. The molecule has 2 aromatic rings. The first kappa shape index (κ1) is 18.9. The van der Waals surface area contributed by atoms with Gasteiger partial charge in [-0.3, -0.25) is 4.99 Å². The van der Waals surface area contributed by atoms with E-state index in [9.17, 15) is 13.2 Å². The number of nitrogens with zero attached hydrogens (tertiary/aromatic N) is 1. The second kappa shape index (κ2) is 8.58. The Labute approximate surface area is 149 Å². The van der Waals surface area contributed by atoms with E-state index in [0.29, 0.717) is 11.5 Å². The minimum atomic E-state index is -4.36. The van der Waals surface area contributed by atoms with Crippen LogP contribution in [-0.4, -0.2) is 19.6 Å². The van der Waals surface area contributed by atoms with E-state index in [2.05, 4.69) is 27.5 Å². The van der Waals surface area contributed by atoms with Gasteiger partial charge in [-0.05, 0) is 36.6 Å². The second-order valence-electron chi connectivity index (χ2n) is 5.19. The van der Waals surface area contributed by atoms with Gasteiger partial charge in [-0.2, -0.15) is 13.2 Å². The fourth-order valence-corrected chi connectivity index (χ4v) is 2.79. The van der Waals surface area contributed by atoms with Crippen LogP contribution in [0.2, 0.25) is 0 Å². The van der Waals surface area contributed by atoms with Gasteiger partial charge < -0.3 is 10.6 Å². The lowest BCUT2D eigenvalue weighted by molar-refractivity contribution is -0.137. The number of guanidine groups is 1. The first-order valence-electron chi connectivity index (χ1n) is 7.57. The quantitative estimate of drug-likeness (QED) is 0.489. The van der Waals surface area contributed by atoms with Gasteiger partial charge in [0, 0.05) is 17.5 Å². The van der Waals surface area contributed by atoms with Gasteiger partial charge in [-0.15, -0.1) is 11.3 Å². The molecule has 132 valence electrons. The van der Waals surface area contributed by atoms with E-state index < -0.39 is 11.7 Å². The molecule has 0 aliphatic rings. The molecule has 1 aromatic heterocycles. The number of benzene rings is 1. The summed E-state index contributed by atoms with van der Waals surface area (Å²) in [5.41, 5.74) is -0.374. The zero-order valence-corrected chi connectivity index (χ0v) is 14.6. The van der Waals surface area contributed by atoms with Crippen molar-refractivity contribution in [2.45, 2.75) is 19.1 Å². The minimum absolute atomic E-state index is 0.0997. The molecule has 0 fully saturated rings. The summed E-state index contributed by atoms with van der Waals surface area (Å²) < 4.78 is 38.0. The molecule has 0 saturated carbocycles. The fourth-order valence-electron chi connectivity index (χ4n) is 2.06. The predicted molar refractivity (Wildman–Crippen MR) is 95.6 cm³/mol. The van der Waals surface area contributed by atoms with Gasteiger partial charge in [-0.25, -0.2) is 0 Å². The van der Waals surface area contributed by atoms with Crippen molar-refractivity contribution in [2.75, 3.05) is 13.6 Å². The van der Waals surface area contributed by atoms with Crippen molar-refractivity contribution in [1.29, 1.82) is 0 Å². The Balaban J connectivity index is 1.91. The molecule has 0 amide bonds. The van der Waals surface area contributed by atoms with Gasteiger partial charge in [0.25, 0.3) is 0 Å². The molecule has 7 heteroatoms. The van der Waals surface area contributed by atoms with E-state index in [1.54, 1.807) is 24.5 Å². The van der Waals surface area contributed by atoms with Crippen molar-refractivity contribution in [3.05, 3.63) is 57.8 Å². The van der Waals surface area contributed by atoms with E-state index in [1.807, 2.05) is 24.4 Å². The minimum Gasteiger partial charge on any atom is -0.349 e. The molecule has 0 bridgehead atoms. The number of hydrogen-bond acceptors (Lipinski definition) is 2. The summed E-state index contributed by atoms with van der Waals surface area (Å²) in [5, 5.41) is 8.26. The van der Waals surface area contributed by atoms with Crippen LogP contribution in [-0.2, 0) is 6.18 Å². The Bertz CT molecular complexity index is 771. The molecule has 2 N–H and O–H groups in total. The second-order valence-corrected chi connectivity index (χ2v) is 6.17. The molecular weight excluding hydrogens is 347 g/mol. The van der Waals surface area contributed by atoms with Gasteiger partial charge in [0.2, 0.25) is 0 Å². The van der Waals surface area contributed by atoms with Crippen LogP contribution in [0.3, 0.4) is 0 Å². The maximum absolute atomic E-state index is 12.7. The van der Waals surface area contributed by atoms with E-state index in [0.717, 1.165) is 12.1 Å². The average Bonchev–Trinajstić information content (AvgIpc) is 3.11. The van der Waals surface area contributed by atoms with E-state index >= 15 is 0 Å². The summed E-state index contributed by atoms with van der Waals surface area (Å²) in [7, 11) is 1.65. The molecule has 0 saturated heterocycles. The predicted octanol–water partition coefficient (Wildman–Crippen LogP) is 4.04. The smallest absolute Gasteiger partial charge is 0.349 e. The number of aliphatic imine (C=N–C) groups is 1. The highest BCUT2D eigenvalue weighted by Gasteiger charge is 2.30. The van der Waals surface area contributed by atoms with Crippen LogP contribution in [0.15, 0.2) is 46.8 Å². The largest absolute Gasteiger partial charge is 0.416 e. The third kappa shape index (κ3) is 5.84. The van der Waals surface area contributed by atoms with Crippen LogP contribution in [0.5, 0.6) is 0 Å². The number of thiophene rings is 1. The Kier molecular flexibility index (Phi) is 6.48. The Morgan fingerprint density at radius 2 is 2.08 bits per heavy atom. The van der Waals surface area contributed by atoms with Crippen LogP contribution in [0, 0.1) is 11.8 Å². The van der Waals surface area contributed by atoms with Gasteiger partial charge in [0.15, 0.2) is 5.96 Å². The molecule has 0 aliphatic heterocycles. The SMILES string of the molecule is CN=C(NCC#Cc1cccc(C(F)(F)F)c1)NC(C)c1cccs1. The van der Waals surface area contributed by atoms with Crippen LogP contribution in [0.25, 0.3) is 0 Å². The lowest BCUT2D eigenvalue weighted by Crippen LogP contribution is -2.38. The molecule has 2 rings (SSSR count). The van der Waals surface area contributed by atoms with E-state index in [-0.39, 0.29) is 12.6 Å². The van der Waals surface area contributed by atoms with E-state index in [4.69, 9.17) is 0 Å².